The number of aliphatic hydroxyl groups is 2. The molecule has 0 radical (unpaired) electrons. The van der Waals surface area contributed by atoms with E-state index in [-0.39, 0.29) is 43.7 Å². The number of aliphatic carboxylic acids is 1. The van der Waals surface area contributed by atoms with Gasteiger partial charge in [-0.25, -0.2) is 4.79 Å². The maximum atomic E-state index is 14.6. The third-order valence-corrected chi connectivity index (χ3v) is 12.3. The van der Waals surface area contributed by atoms with Crippen molar-refractivity contribution >= 4 is 83.5 Å². The molecule has 7 amide bonds. The summed E-state index contributed by atoms with van der Waals surface area (Å²) in [6.07, 6.45) is -0.677. The summed E-state index contributed by atoms with van der Waals surface area (Å²) >= 11 is 8.40. The molecule has 4 rings (SSSR count). The predicted molar refractivity (Wildman–Crippen MR) is 275 cm³/mol. The van der Waals surface area contributed by atoms with E-state index in [2.05, 4.69) is 67.5 Å². The van der Waals surface area contributed by atoms with Crippen molar-refractivity contribution in [1.82, 2.24) is 42.2 Å². The molecule has 0 spiro atoms. The summed E-state index contributed by atoms with van der Waals surface area (Å²) in [4.78, 5) is 112. The zero-order valence-electron chi connectivity index (χ0n) is 40.0. The van der Waals surface area contributed by atoms with Crippen molar-refractivity contribution in [3.63, 3.8) is 0 Å². The van der Waals surface area contributed by atoms with E-state index in [1.807, 2.05) is 48.5 Å². The third-order valence-electron chi connectivity index (χ3n) is 11.6. The van der Waals surface area contributed by atoms with Gasteiger partial charge in [-0.3, -0.25) is 33.6 Å². The van der Waals surface area contributed by atoms with Crippen LogP contribution < -0.4 is 48.7 Å². The van der Waals surface area contributed by atoms with Crippen LogP contribution in [0.3, 0.4) is 0 Å². The number of carbonyl (C=O) groups is 8. The van der Waals surface area contributed by atoms with Gasteiger partial charge in [0.1, 0.15) is 36.3 Å². The summed E-state index contributed by atoms with van der Waals surface area (Å²) in [5, 5.41) is 48.4. The Morgan fingerprint density at radius 3 is 1.53 bits per heavy atom. The van der Waals surface area contributed by atoms with E-state index in [0.29, 0.717) is 24.0 Å². The number of carbonyl (C=O) groups excluding carboxylic acids is 7. The summed E-state index contributed by atoms with van der Waals surface area (Å²) in [6, 6.07) is 13.8. The molecule has 0 aliphatic carbocycles. The monoisotopic (exact) mass is 1030 g/mol. The SMILES string of the molecule is CC(O)C(NC(=O)C(CS)NC(=O)C(NC(=O)C(CCCCN)NC(=O)C(Cc1c[nH]c2ccccc12)NC(=O)C(Cc1ccccc1)NC(=O)C(CS)NC(=O)C(N)Cc1ccccc1)C(C)O)C(=O)O. The van der Waals surface area contributed by atoms with Crippen molar-refractivity contribution in [2.45, 2.75) is 113 Å². The van der Waals surface area contributed by atoms with Crippen molar-refractivity contribution in [2.75, 3.05) is 18.1 Å². The number of carboxylic acids is 1. The molecule has 0 aliphatic heterocycles. The maximum Gasteiger partial charge on any atom is 0.328 e. The first-order chi connectivity index (χ1) is 34.4. The minimum absolute atomic E-state index is 0.0210. The Labute approximate surface area is 428 Å². The van der Waals surface area contributed by atoms with Gasteiger partial charge in [0.2, 0.25) is 41.4 Å². The first-order valence-corrected chi connectivity index (χ1v) is 24.6. The summed E-state index contributed by atoms with van der Waals surface area (Å²) in [6.45, 7) is 2.57. The van der Waals surface area contributed by atoms with Crippen LogP contribution in [0.1, 0.15) is 49.8 Å². The predicted octanol–water partition coefficient (Wildman–Crippen LogP) is -1.25. The van der Waals surface area contributed by atoms with E-state index in [4.69, 9.17) is 11.5 Å². The average molecular weight is 1040 g/mol. The van der Waals surface area contributed by atoms with Crippen LogP contribution in [0.25, 0.3) is 10.9 Å². The van der Waals surface area contributed by atoms with Gasteiger partial charge in [-0.05, 0) is 68.8 Å². The van der Waals surface area contributed by atoms with Gasteiger partial charge in [-0.1, -0.05) is 78.9 Å². The molecule has 1 aromatic heterocycles. The van der Waals surface area contributed by atoms with Crippen LogP contribution in [0.5, 0.6) is 0 Å². The average Bonchev–Trinajstić information content (AvgIpc) is 3.77. The lowest BCUT2D eigenvalue weighted by molar-refractivity contribution is -0.145. The number of thiol groups is 2. The minimum Gasteiger partial charge on any atom is -0.480 e. The normalized spacial score (nSPS) is 15.4. The standard InChI is InChI=1S/C49H66N10O11S2/c1-27(60)40(48(68)57-39(26-72)47(67)59-41(28(2)61)49(69)70)58-43(63)35(19-11-12-20-50)53-45(65)37(23-31-24-52-34-18-10-9-17-32(31)34)55-44(64)36(22-30-15-7-4-8-16-30)54-46(66)38(25-71)56-42(62)33(51)21-29-13-5-3-6-14-29/h3-10,13-18,24,27-28,33,35-41,52,60-61,71-72H,11-12,19-23,25-26,50-51H2,1-2H3,(H,53,65)(H,54,66)(H,55,64)(H,56,62)(H,57,68)(H,58,63)(H,59,67)(H,69,70). The van der Waals surface area contributed by atoms with Gasteiger partial charge in [-0.15, -0.1) is 0 Å². The van der Waals surface area contributed by atoms with Crippen LogP contribution in [0.2, 0.25) is 0 Å². The van der Waals surface area contributed by atoms with Gasteiger partial charge in [0.05, 0.1) is 18.2 Å². The second kappa shape index (κ2) is 29.1. The first kappa shape index (κ1) is 58.1. The number of carboxylic acid groups (broad SMARTS) is 1. The molecule has 3 aromatic carbocycles. The number of hydrogen-bond acceptors (Lipinski definition) is 14. The number of aromatic nitrogens is 1. The molecule has 4 aromatic rings. The van der Waals surface area contributed by atoms with Crippen molar-refractivity contribution in [1.29, 1.82) is 0 Å². The number of H-pyrrole nitrogens is 1. The topological polar surface area (TPSA) is 349 Å². The van der Waals surface area contributed by atoms with Crippen molar-refractivity contribution in [3.05, 3.63) is 108 Å². The van der Waals surface area contributed by atoms with Gasteiger partial charge in [0.15, 0.2) is 6.04 Å². The molecule has 0 saturated heterocycles. The van der Waals surface area contributed by atoms with Crippen molar-refractivity contribution in [2.24, 2.45) is 11.5 Å². The molecule has 10 atom stereocenters. The number of fused-ring (bicyclic) bond motifs is 1. The molecular weight excluding hydrogens is 969 g/mol. The van der Waals surface area contributed by atoms with E-state index in [9.17, 15) is 53.7 Å². The highest BCUT2D eigenvalue weighted by Gasteiger charge is 2.36. The zero-order chi connectivity index (χ0) is 52.9. The quantitative estimate of drug-likeness (QED) is 0.0224. The van der Waals surface area contributed by atoms with E-state index >= 15 is 0 Å². The number of nitrogens with one attached hydrogen (secondary N) is 8. The Morgan fingerprint density at radius 2 is 0.986 bits per heavy atom. The Hall–Kier alpha value is -6.50. The Kier molecular flexibility index (Phi) is 23.5. The van der Waals surface area contributed by atoms with Crippen LogP contribution in [0, 0.1) is 0 Å². The molecule has 23 heteroatoms. The molecule has 0 fully saturated rings. The maximum absolute atomic E-state index is 14.6. The summed E-state index contributed by atoms with van der Waals surface area (Å²) in [5.74, 6) is -8.06. The van der Waals surface area contributed by atoms with E-state index in [1.54, 1.807) is 42.6 Å². The number of aliphatic hydroxyl groups excluding tert-OH is 2. The molecule has 72 heavy (non-hydrogen) atoms. The summed E-state index contributed by atoms with van der Waals surface area (Å²) in [5.41, 5.74) is 14.8. The number of nitrogens with two attached hydrogens (primary N) is 2. The Morgan fingerprint density at radius 1 is 0.542 bits per heavy atom. The number of aromatic amines is 1. The van der Waals surface area contributed by atoms with E-state index < -0.39 is 108 Å². The highest BCUT2D eigenvalue weighted by Crippen LogP contribution is 2.20. The fraction of sp³-hybridized carbons (Fsp3) is 0.429. The number of amides is 7. The van der Waals surface area contributed by atoms with Gasteiger partial charge in [0.25, 0.3) is 0 Å². The minimum atomic E-state index is -1.72. The molecule has 21 nitrogen and oxygen atoms in total. The van der Waals surface area contributed by atoms with Gasteiger partial charge >= 0.3 is 5.97 Å². The molecule has 10 unspecified atom stereocenters. The lowest BCUT2D eigenvalue weighted by Gasteiger charge is -2.28. The lowest BCUT2D eigenvalue weighted by Crippen LogP contribution is -2.62. The highest BCUT2D eigenvalue weighted by molar-refractivity contribution is 7.80. The summed E-state index contributed by atoms with van der Waals surface area (Å²) < 4.78 is 0. The van der Waals surface area contributed by atoms with Gasteiger partial charge < -0.3 is 69.0 Å². The van der Waals surface area contributed by atoms with Crippen LogP contribution in [-0.2, 0) is 57.6 Å². The lowest BCUT2D eigenvalue weighted by atomic mass is 10.0. The van der Waals surface area contributed by atoms with E-state index in [1.165, 1.54) is 6.92 Å². The van der Waals surface area contributed by atoms with Gasteiger partial charge in [-0.2, -0.15) is 25.3 Å². The smallest absolute Gasteiger partial charge is 0.328 e. The molecule has 390 valence electrons. The van der Waals surface area contributed by atoms with Gasteiger partial charge in [0, 0.05) is 41.4 Å². The molecule has 0 aliphatic rings. The number of hydrogen-bond donors (Lipinski definition) is 15. The molecule has 0 bridgehead atoms. The van der Waals surface area contributed by atoms with Crippen LogP contribution in [0.15, 0.2) is 91.1 Å². The number of rotatable bonds is 29. The number of benzene rings is 3. The Balaban J connectivity index is 1.61. The Bertz CT molecular complexity index is 2450. The molecule has 0 saturated carbocycles. The van der Waals surface area contributed by atoms with Crippen molar-refractivity contribution < 1.29 is 53.7 Å². The fourth-order valence-electron chi connectivity index (χ4n) is 7.56. The third kappa shape index (κ3) is 17.7. The van der Waals surface area contributed by atoms with Crippen LogP contribution in [0.4, 0.5) is 0 Å². The zero-order valence-corrected chi connectivity index (χ0v) is 41.7. The first-order valence-electron chi connectivity index (χ1n) is 23.4. The molecule has 1 heterocycles. The second-order valence-corrected chi connectivity index (χ2v) is 18.0. The van der Waals surface area contributed by atoms with Crippen LogP contribution in [-0.4, -0.2) is 146 Å². The van der Waals surface area contributed by atoms with Crippen molar-refractivity contribution in [3.8, 4) is 0 Å². The van der Waals surface area contributed by atoms with E-state index in [0.717, 1.165) is 23.4 Å². The number of unbranched alkanes of at least 4 members (excludes halogenated alkanes) is 1. The largest absolute Gasteiger partial charge is 0.480 e. The molecular formula is C49H66N10O11S2. The summed E-state index contributed by atoms with van der Waals surface area (Å²) in [7, 11) is 0. The van der Waals surface area contributed by atoms with Crippen LogP contribution >= 0.6 is 25.3 Å². The number of para-hydroxylation sites is 1. The highest BCUT2D eigenvalue weighted by atomic mass is 32.1. The fourth-order valence-corrected chi connectivity index (χ4v) is 8.07. The second-order valence-electron chi connectivity index (χ2n) is 17.3. The molecule has 15 N–H and O–H groups in total.